The van der Waals surface area contributed by atoms with Gasteiger partial charge in [0.25, 0.3) is 0 Å². The minimum absolute atomic E-state index is 0.585. The molecule has 0 aliphatic heterocycles. The van der Waals surface area contributed by atoms with E-state index in [9.17, 15) is 0 Å². The normalized spacial score (nSPS) is 6.50. The molecule has 0 heterocycles. The molecule has 0 bridgehead atoms. The molecule has 0 unspecified atom stereocenters. The van der Waals surface area contributed by atoms with Crippen LogP contribution in [-0.2, 0) is 0 Å². The lowest BCUT2D eigenvalue weighted by Crippen LogP contribution is -1.70. The Morgan fingerprint density at radius 1 is 0.833 bits per heavy atom. The monoisotopic (exact) mass is 163 g/mol. The van der Waals surface area contributed by atoms with E-state index in [1.54, 1.807) is 0 Å². The standard InChI is InChI=1S/C6H8N2.C3H5N/c7-5-3-1-2-4-6-8;1-2-3-4/h1-4H2;2H2,1H3. The summed E-state index contributed by atoms with van der Waals surface area (Å²) < 4.78 is 0. The van der Waals surface area contributed by atoms with Gasteiger partial charge in [0.15, 0.2) is 0 Å². The van der Waals surface area contributed by atoms with E-state index in [1.807, 2.05) is 25.1 Å². The molecule has 0 atom stereocenters. The third-order valence-electron chi connectivity index (χ3n) is 0.985. The Balaban J connectivity index is 0. The summed E-state index contributed by atoms with van der Waals surface area (Å²) >= 11 is 0. The number of hydrogen-bond acceptors (Lipinski definition) is 3. The Labute approximate surface area is 73.8 Å². The second kappa shape index (κ2) is 16.2. The van der Waals surface area contributed by atoms with Gasteiger partial charge in [-0.3, -0.25) is 0 Å². The Hall–Kier alpha value is -1.53. The van der Waals surface area contributed by atoms with E-state index < -0.39 is 0 Å². The fourth-order valence-corrected chi connectivity index (χ4v) is 0.408. The highest BCUT2D eigenvalue weighted by Crippen LogP contribution is 1.95. The molecular weight excluding hydrogens is 150 g/mol. The van der Waals surface area contributed by atoms with E-state index in [0.29, 0.717) is 19.3 Å². The molecule has 0 aromatic carbocycles. The van der Waals surface area contributed by atoms with Gasteiger partial charge in [0.1, 0.15) is 0 Å². The van der Waals surface area contributed by atoms with E-state index in [1.165, 1.54) is 0 Å². The van der Waals surface area contributed by atoms with Crippen molar-refractivity contribution in [1.29, 1.82) is 15.8 Å². The Morgan fingerprint density at radius 2 is 1.17 bits per heavy atom. The second-order valence-corrected chi connectivity index (χ2v) is 2.04. The molecule has 0 spiro atoms. The van der Waals surface area contributed by atoms with Gasteiger partial charge >= 0.3 is 0 Å². The molecular formula is C9H13N3. The predicted octanol–water partition coefficient (Wildman–Crippen LogP) is 2.51. The van der Waals surface area contributed by atoms with Gasteiger partial charge in [0, 0.05) is 19.3 Å². The first-order chi connectivity index (χ1) is 5.83. The van der Waals surface area contributed by atoms with Gasteiger partial charge in [-0.1, -0.05) is 6.92 Å². The maximum absolute atomic E-state index is 8.03. The van der Waals surface area contributed by atoms with Crippen molar-refractivity contribution in [3.05, 3.63) is 0 Å². The van der Waals surface area contributed by atoms with Crippen LogP contribution in [0.2, 0.25) is 0 Å². The molecule has 0 radical (unpaired) electrons. The SMILES string of the molecule is CCC#N.N#CCCCCC#N. The Kier molecular flexibility index (Phi) is 17.7. The van der Waals surface area contributed by atoms with Crippen LogP contribution in [0.5, 0.6) is 0 Å². The first-order valence-corrected chi connectivity index (χ1v) is 3.94. The van der Waals surface area contributed by atoms with Crippen LogP contribution < -0.4 is 0 Å². The predicted molar refractivity (Wildman–Crippen MR) is 45.6 cm³/mol. The average Bonchev–Trinajstić information content (AvgIpc) is 2.13. The zero-order valence-electron chi connectivity index (χ0n) is 7.38. The molecule has 0 amide bonds. The minimum Gasteiger partial charge on any atom is -0.198 e. The van der Waals surface area contributed by atoms with Gasteiger partial charge in [0.05, 0.1) is 18.2 Å². The molecule has 0 saturated carbocycles. The van der Waals surface area contributed by atoms with Crippen LogP contribution in [0, 0.1) is 34.0 Å². The summed E-state index contributed by atoms with van der Waals surface area (Å²) in [6.45, 7) is 1.82. The van der Waals surface area contributed by atoms with Crippen LogP contribution in [0.4, 0.5) is 0 Å². The lowest BCUT2D eigenvalue weighted by atomic mass is 10.2. The molecule has 0 aliphatic carbocycles. The van der Waals surface area contributed by atoms with Crippen molar-refractivity contribution in [1.82, 2.24) is 0 Å². The minimum atomic E-state index is 0.585. The van der Waals surface area contributed by atoms with E-state index in [4.69, 9.17) is 15.8 Å². The third kappa shape index (κ3) is 23.7. The highest BCUT2D eigenvalue weighted by molar-refractivity contribution is 4.72. The van der Waals surface area contributed by atoms with Crippen LogP contribution in [0.3, 0.4) is 0 Å². The molecule has 0 N–H and O–H groups in total. The third-order valence-corrected chi connectivity index (χ3v) is 0.985. The lowest BCUT2D eigenvalue weighted by molar-refractivity contribution is 0.773. The number of hydrogen-bond donors (Lipinski definition) is 0. The summed E-state index contributed by atoms with van der Waals surface area (Å²) in [7, 11) is 0. The molecule has 0 aromatic rings. The number of nitriles is 3. The molecule has 0 aliphatic rings. The van der Waals surface area contributed by atoms with Gasteiger partial charge < -0.3 is 0 Å². The summed E-state index contributed by atoms with van der Waals surface area (Å²) in [4.78, 5) is 0. The van der Waals surface area contributed by atoms with Crippen LogP contribution in [0.1, 0.15) is 39.0 Å². The zero-order chi connectivity index (χ0) is 9.66. The van der Waals surface area contributed by atoms with Gasteiger partial charge in [0.2, 0.25) is 0 Å². The van der Waals surface area contributed by atoms with Crippen LogP contribution in [0.25, 0.3) is 0 Å². The molecule has 0 fully saturated rings. The molecule has 0 aromatic heterocycles. The lowest BCUT2D eigenvalue weighted by Gasteiger charge is -1.83. The van der Waals surface area contributed by atoms with Crippen molar-refractivity contribution < 1.29 is 0 Å². The molecule has 0 saturated heterocycles. The zero-order valence-corrected chi connectivity index (χ0v) is 7.38. The van der Waals surface area contributed by atoms with E-state index >= 15 is 0 Å². The van der Waals surface area contributed by atoms with Gasteiger partial charge in [-0.25, -0.2) is 0 Å². The summed E-state index contributed by atoms with van der Waals surface area (Å²) in [5, 5.41) is 23.7. The molecule has 3 nitrogen and oxygen atoms in total. The Bertz CT molecular complexity index is 173. The maximum Gasteiger partial charge on any atom is 0.0621 e. The highest BCUT2D eigenvalue weighted by atomic mass is 14.2. The van der Waals surface area contributed by atoms with E-state index in [0.717, 1.165) is 12.8 Å². The topological polar surface area (TPSA) is 71.4 Å². The molecule has 3 heteroatoms. The van der Waals surface area contributed by atoms with Crippen molar-refractivity contribution in [3.63, 3.8) is 0 Å². The summed E-state index contributed by atoms with van der Waals surface area (Å²) in [5.41, 5.74) is 0. The van der Waals surface area contributed by atoms with E-state index in [2.05, 4.69) is 0 Å². The quantitative estimate of drug-likeness (QED) is 0.600. The van der Waals surface area contributed by atoms with Crippen molar-refractivity contribution in [2.24, 2.45) is 0 Å². The first kappa shape index (κ1) is 13.1. The maximum atomic E-state index is 8.03. The fourth-order valence-electron chi connectivity index (χ4n) is 0.408. The van der Waals surface area contributed by atoms with E-state index in [-0.39, 0.29) is 0 Å². The van der Waals surface area contributed by atoms with Crippen LogP contribution in [0.15, 0.2) is 0 Å². The first-order valence-electron chi connectivity index (χ1n) is 3.94. The average molecular weight is 163 g/mol. The summed E-state index contributed by atoms with van der Waals surface area (Å²) in [6, 6.07) is 5.96. The largest absolute Gasteiger partial charge is 0.198 e. The fraction of sp³-hybridized carbons (Fsp3) is 0.667. The van der Waals surface area contributed by atoms with Gasteiger partial charge in [-0.2, -0.15) is 15.8 Å². The van der Waals surface area contributed by atoms with Crippen molar-refractivity contribution >= 4 is 0 Å². The molecule has 0 rings (SSSR count). The smallest absolute Gasteiger partial charge is 0.0621 e. The summed E-state index contributed by atoms with van der Waals surface area (Å²) in [5.74, 6) is 0. The van der Waals surface area contributed by atoms with Gasteiger partial charge in [-0.15, -0.1) is 0 Å². The van der Waals surface area contributed by atoms with Crippen molar-refractivity contribution in [2.45, 2.75) is 39.0 Å². The van der Waals surface area contributed by atoms with Crippen LogP contribution >= 0.6 is 0 Å². The molecule has 12 heavy (non-hydrogen) atoms. The summed E-state index contributed by atoms with van der Waals surface area (Å²) in [6.07, 6.45) is 3.53. The Morgan fingerprint density at radius 3 is 1.33 bits per heavy atom. The number of rotatable bonds is 3. The van der Waals surface area contributed by atoms with Gasteiger partial charge in [-0.05, 0) is 12.8 Å². The number of nitrogens with zero attached hydrogens (tertiary/aromatic N) is 3. The highest BCUT2D eigenvalue weighted by Gasteiger charge is 1.83. The molecule has 64 valence electrons. The second-order valence-electron chi connectivity index (χ2n) is 2.04. The van der Waals surface area contributed by atoms with Crippen LogP contribution in [-0.4, -0.2) is 0 Å². The number of unbranched alkanes of at least 4 members (excludes halogenated alkanes) is 3. The van der Waals surface area contributed by atoms with Crippen molar-refractivity contribution in [2.75, 3.05) is 0 Å². The van der Waals surface area contributed by atoms with Crippen molar-refractivity contribution in [3.8, 4) is 18.2 Å².